The highest BCUT2D eigenvalue weighted by Crippen LogP contribution is 2.50. The van der Waals surface area contributed by atoms with E-state index in [2.05, 4.69) is 52.2 Å². The van der Waals surface area contributed by atoms with E-state index < -0.39 is 13.0 Å². The summed E-state index contributed by atoms with van der Waals surface area (Å²) < 4.78 is 12.8. The summed E-state index contributed by atoms with van der Waals surface area (Å²) in [4.78, 5) is 25.2. The second-order valence-electron chi connectivity index (χ2n) is 10.8. The van der Waals surface area contributed by atoms with E-state index in [1.807, 2.05) is 0 Å². The molecule has 1 aromatic carbocycles. The van der Waals surface area contributed by atoms with Gasteiger partial charge in [-0.3, -0.25) is 9.59 Å². The van der Waals surface area contributed by atoms with Gasteiger partial charge in [-0.1, -0.05) is 57.8 Å². The van der Waals surface area contributed by atoms with Gasteiger partial charge in [-0.05, 0) is 61.6 Å². The molecule has 2 amide bonds. The molecule has 0 aromatic heterocycles. The van der Waals surface area contributed by atoms with Crippen LogP contribution < -0.4 is 10.6 Å². The smallest absolute Gasteiger partial charge is 0.404 e. The van der Waals surface area contributed by atoms with Gasteiger partial charge in [-0.25, -0.2) is 0 Å². The van der Waals surface area contributed by atoms with Crippen LogP contribution in [0, 0.1) is 17.3 Å². The Morgan fingerprint density at radius 2 is 1.94 bits per heavy atom. The second kappa shape index (κ2) is 10.1. The van der Waals surface area contributed by atoms with Crippen LogP contribution in [0.5, 0.6) is 0 Å². The van der Waals surface area contributed by atoms with Crippen molar-refractivity contribution in [2.45, 2.75) is 78.5 Å². The third kappa shape index (κ3) is 6.24. The molecule has 1 saturated carbocycles. The van der Waals surface area contributed by atoms with Crippen molar-refractivity contribution < 1.29 is 18.9 Å². The Hall–Kier alpha value is -1.28. The lowest BCUT2D eigenvalue weighted by Gasteiger charge is -2.47. The van der Waals surface area contributed by atoms with Crippen molar-refractivity contribution in [2.75, 3.05) is 6.54 Å². The molecule has 1 saturated heterocycles. The summed E-state index contributed by atoms with van der Waals surface area (Å²) in [7, 11) is -0.523. The largest absolute Gasteiger partial charge is 0.481 e. The van der Waals surface area contributed by atoms with Crippen molar-refractivity contribution in [3.63, 3.8) is 0 Å². The number of hydrogen-bond acceptors (Lipinski definition) is 4. The first-order valence-electron chi connectivity index (χ1n) is 11.7. The monoisotopic (exact) mass is 496 g/mol. The van der Waals surface area contributed by atoms with Crippen LogP contribution in [0.3, 0.4) is 0 Å². The van der Waals surface area contributed by atoms with Crippen LogP contribution in [-0.2, 0) is 14.1 Å². The maximum Gasteiger partial charge on any atom is 0.481 e. The van der Waals surface area contributed by atoms with Crippen LogP contribution in [0.15, 0.2) is 18.2 Å². The Balaban J connectivity index is 1.63. The zero-order chi connectivity index (χ0) is 24.6. The first-order valence-corrected chi connectivity index (χ1v) is 12.4. The van der Waals surface area contributed by atoms with Crippen molar-refractivity contribution in [3.05, 3.63) is 33.8 Å². The molecular formula is C24H35BCl2N2O4. The Bertz CT molecular complexity index is 897. The third-order valence-electron chi connectivity index (χ3n) is 7.06. The number of benzene rings is 1. The second-order valence-corrected chi connectivity index (χ2v) is 11.7. The molecule has 0 unspecified atom stereocenters. The van der Waals surface area contributed by atoms with Crippen molar-refractivity contribution in [3.8, 4) is 0 Å². The molecule has 6 nitrogen and oxygen atoms in total. The predicted octanol–water partition coefficient (Wildman–Crippen LogP) is 4.91. The minimum atomic E-state index is -0.523. The van der Waals surface area contributed by atoms with Gasteiger partial charge in [0.2, 0.25) is 5.91 Å². The fraction of sp³-hybridized carbons (Fsp3) is 0.667. The van der Waals surface area contributed by atoms with Crippen LogP contribution in [0.1, 0.15) is 71.2 Å². The zero-order valence-electron chi connectivity index (χ0n) is 20.3. The summed E-state index contributed by atoms with van der Waals surface area (Å²) in [6.45, 7) is 12.9. The van der Waals surface area contributed by atoms with Crippen LogP contribution >= 0.6 is 23.2 Å². The molecular weight excluding hydrogens is 462 g/mol. The first kappa shape index (κ1) is 26.3. The topological polar surface area (TPSA) is 76.7 Å². The number of rotatable bonds is 7. The minimum absolute atomic E-state index is 0.00163. The molecule has 2 aliphatic rings. The first-order chi connectivity index (χ1) is 15.3. The predicted molar refractivity (Wildman–Crippen MR) is 132 cm³/mol. The molecule has 9 heteroatoms. The van der Waals surface area contributed by atoms with Crippen LogP contribution in [0.25, 0.3) is 0 Å². The molecule has 2 N–H and O–H groups in total. The number of carbonyl (C=O) groups is 2. The van der Waals surface area contributed by atoms with Gasteiger partial charge in [0.1, 0.15) is 0 Å². The molecule has 33 heavy (non-hydrogen) atoms. The number of carbonyl (C=O) groups excluding carboxylic acids is 2. The van der Waals surface area contributed by atoms with Gasteiger partial charge >= 0.3 is 7.12 Å². The lowest BCUT2D eigenvalue weighted by atomic mass is 9.63. The summed E-state index contributed by atoms with van der Waals surface area (Å²) in [5.74, 6) is -0.239. The highest BCUT2D eigenvalue weighted by Gasteiger charge is 2.57. The van der Waals surface area contributed by atoms with Gasteiger partial charge < -0.3 is 19.9 Å². The molecule has 0 bridgehead atoms. The lowest BCUT2D eigenvalue weighted by Crippen LogP contribution is -2.51. The van der Waals surface area contributed by atoms with Crippen molar-refractivity contribution >= 4 is 42.1 Å². The average Bonchev–Trinajstić information content (AvgIpc) is 3.02. The fourth-order valence-electron chi connectivity index (χ4n) is 4.96. The minimum Gasteiger partial charge on any atom is -0.404 e. The molecule has 0 spiro atoms. The van der Waals surface area contributed by atoms with E-state index in [1.54, 1.807) is 12.1 Å². The van der Waals surface area contributed by atoms with E-state index >= 15 is 0 Å². The van der Waals surface area contributed by atoms with Gasteiger partial charge in [0.05, 0.1) is 34.8 Å². The highest BCUT2D eigenvalue weighted by molar-refractivity contribution is 6.47. The maximum absolute atomic E-state index is 12.7. The lowest BCUT2D eigenvalue weighted by molar-refractivity contribution is -0.120. The number of fused-ring (bicyclic) bond motifs is 1. The summed E-state index contributed by atoms with van der Waals surface area (Å²) >= 11 is 12.0. The molecule has 4 atom stereocenters. The number of hydrogen-bond donors (Lipinski definition) is 2. The summed E-state index contributed by atoms with van der Waals surface area (Å²) in [5.41, 5.74) is 0.0107. The fourth-order valence-corrected chi connectivity index (χ4v) is 5.34. The molecule has 1 aliphatic carbocycles. The summed E-state index contributed by atoms with van der Waals surface area (Å²) in [5, 5.41) is 6.30. The van der Waals surface area contributed by atoms with E-state index in [-0.39, 0.29) is 46.1 Å². The van der Waals surface area contributed by atoms with E-state index in [4.69, 9.17) is 32.5 Å². The van der Waals surface area contributed by atoms with Gasteiger partial charge in [-0.2, -0.15) is 0 Å². The third-order valence-corrected chi connectivity index (χ3v) is 7.62. The SMILES string of the molecule is CC(C)C[C@H](NC(=O)CNC(=O)c1cc(Cl)ccc1Cl)B1O[C@H]2C[C@@H](C)C(C)(C)C[C@]2(C)O1. The molecule has 1 heterocycles. The number of amides is 2. The average molecular weight is 497 g/mol. The Morgan fingerprint density at radius 3 is 2.61 bits per heavy atom. The Labute approximate surface area is 207 Å². The van der Waals surface area contributed by atoms with Crippen molar-refractivity contribution in [2.24, 2.45) is 17.3 Å². The van der Waals surface area contributed by atoms with E-state index in [1.165, 1.54) is 6.07 Å². The molecule has 3 rings (SSSR count). The summed E-state index contributed by atoms with van der Waals surface area (Å²) in [6, 6.07) is 4.63. The molecule has 1 aliphatic heterocycles. The highest BCUT2D eigenvalue weighted by atomic mass is 35.5. The zero-order valence-corrected chi connectivity index (χ0v) is 21.8. The van der Waals surface area contributed by atoms with Crippen LogP contribution in [-0.4, -0.2) is 43.1 Å². The van der Waals surface area contributed by atoms with Crippen LogP contribution in [0.2, 0.25) is 10.0 Å². The van der Waals surface area contributed by atoms with Gasteiger partial charge in [0.25, 0.3) is 5.91 Å². The van der Waals surface area contributed by atoms with Gasteiger partial charge in [-0.15, -0.1) is 0 Å². The van der Waals surface area contributed by atoms with Gasteiger partial charge in [0.15, 0.2) is 0 Å². The van der Waals surface area contributed by atoms with Crippen LogP contribution in [0.4, 0.5) is 0 Å². The number of nitrogens with one attached hydrogen (secondary N) is 2. The molecule has 2 fully saturated rings. The summed E-state index contributed by atoms with van der Waals surface area (Å²) in [6.07, 6.45) is 2.54. The van der Waals surface area contributed by atoms with E-state index in [0.717, 1.165) is 12.8 Å². The van der Waals surface area contributed by atoms with E-state index in [9.17, 15) is 9.59 Å². The Kier molecular flexibility index (Phi) is 8.10. The molecule has 182 valence electrons. The van der Waals surface area contributed by atoms with Crippen molar-refractivity contribution in [1.82, 2.24) is 10.6 Å². The molecule has 0 radical (unpaired) electrons. The van der Waals surface area contributed by atoms with Crippen molar-refractivity contribution in [1.29, 1.82) is 0 Å². The standard InChI is InChI=1S/C24H35BCl2N2O4/c1-14(2)9-20(25-32-19-10-15(3)23(4,5)13-24(19,6)33-25)29-21(30)12-28-22(31)17-11-16(26)7-8-18(17)27/h7-8,11,14-15,19-20H,9-10,12-13H2,1-6H3,(H,28,31)(H,29,30)/t15-,19+,20+,24+/m1/s1. The number of halogens is 2. The quantitative estimate of drug-likeness (QED) is 0.525. The normalized spacial score (nSPS) is 27.2. The van der Waals surface area contributed by atoms with E-state index in [0.29, 0.717) is 23.3 Å². The van der Waals surface area contributed by atoms with Gasteiger partial charge in [0, 0.05) is 5.02 Å². The molecule has 1 aromatic rings. The maximum atomic E-state index is 12.7. The Morgan fingerprint density at radius 1 is 1.24 bits per heavy atom.